The van der Waals surface area contributed by atoms with Crippen LogP contribution in [0.3, 0.4) is 0 Å². The number of β-lactam (4-membered cyclic amide) rings is 1. The smallest absolute Gasteiger partial charge is 0.417 e. The van der Waals surface area contributed by atoms with E-state index in [0.717, 1.165) is 0 Å². The van der Waals surface area contributed by atoms with Crippen LogP contribution in [0.25, 0.3) is 0 Å². The maximum Gasteiger partial charge on any atom is 0.417 e. The van der Waals surface area contributed by atoms with Crippen LogP contribution in [0.4, 0.5) is 9.59 Å². The highest BCUT2D eigenvalue weighted by Gasteiger charge is 2.60. The molecule has 3 aliphatic heterocycles. The quantitative estimate of drug-likeness (QED) is 0.0380. The number of aliphatic hydroxyl groups is 1. The second-order valence-electron chi connectivity index (χ2n) is 8.94. The zero-order chi connectivity index (χ0) is 29.4. The summed E-state index contributed by atoms with van der Waals surface area (Å²) < 4.78 is 14.8. The number of amides is 3. The molecule has 22 heteroatoms. The Labute approximate surface area is 240 Å². The van der Waals surface area contributed by atoms with Gasteiger partial charge in [0.15, 0.2) is 23.9 Å². The summed E-state index contributed by atoms with van der Waals surface area (Å²) in [5, 5.41) is 14.8. The molecule has 0 aromatic carbocycles. The number of likely N-dealkylation sites (tertiary alicyclic amines) is 1. The molecule has 0 bridgehead atoms. The van der Waals surface area contributed by atoms with Crippen LogP contribution in [0.5, 0.6) is 0 Å². The second-order valence-corrected chi connectivity index (χ2v) is 11.0. The summed E-state index contributed by atoms with van der Waals surface area (Å²) in [6, 6.07) is -0.722. The fraction of sp³-hybridized carbons (Fsp3) is 0.611. The van der Waals surface area contributed by atoms with Crippen LogP contribution >= 0.6 is 26.9 Å². The fourth-order valence-electron chi connectivity index (χ4n) is 4.94. The number of aliphatic hydroxyl groups excluding tert-OH is 1. The molecule has 0 spiro atoms. The highest BCUT2D eigenvalue weighted by molar-refractivity contribution is 7.32. The standard InChI is InChI=1S/C18H28B3N8O8P3/c1-7-10(13(15(32)35-38-25-19)29-12(7)11(8(2)30)14(29)31)6-28-4-3-9(5-28)22-16(23-17(33)36-39-26-20)24-18(34)37-40-27-21/h7-9,11-12,25-27,30,38-40H,3-6H2,1-2H3,(H2,22,23,24,33,34)/t7-,8+,9+,11?,12+/m0/s1. The number of aliphatic imine (C=N–C) groups is 1. The van der Waals surface area contributed by atoms with Crippen molar-refractivity contribution in [2.24, 2.45) is 16.8 Å². The molecule has 8 atom stereocenters. The Morgan fingerprint density at radius 1 is 1.07 bits per heavy atom. The van der Waals surface area contributed by atoms with Crippen molar-refractivity contribution < 1.29 is 37.9 Å². The Morgan fingerprint density at radius 2 is 1.65 bits per heavy atom. The first-order chi connectivity index (χ1) is 19.1. The molecule has 40 heavy (non-hydrogen) atoms. The van der Waals surface area contributed by atoms with Crippen LogP contribution in [-0.4, -0.2) is 107 Å². The van der Waals surface area contributed by atoms with E-state index in [1.807, 2.05) is 11.8 Å². The zero-order valence-electron chi connectivity index (χ0n) is 21.6. The van der Waals surface area contributed by atoms with Gasteiger partial charge in [0.1, 0.15) is 32.6 Å². The monoisotopic (exact) mass is 610 g/mol. The summed E-state index contributed by atoms with van der Waals surface area (Å²) in [6.07, 6.45) is -2.14. The lowest BCUT2D eigenvalue weighted by molar-refractivity contribution is -0.162. The van der Waals surface area contributed by atoms with Gasteiger partial charge in [0.2, 0.25) is 11.9 Å². The van der Waals surface area contributed by atoms with Crippen LogP contribution in [0.1, 0.15) is 20.3 Å². The van der Waals surface area contributed by atoms with Crippen LogP contribution < -0.4 is 25.6 Å². The Balaban J connectivity index is 1.75. The topological polar surface area (TPSA) is 195 Å². The minimum absolute atomic E-state index is 0.160. The number of hydrogen-bond acceptors (Lipinski definition) is 13. The van der Waals surface area contributed by atoms with E-state index < -0.39 is 57.1 Å². The predicted molar refractivity (Wildman–Crippen MR) is 151 cm³/mol. The van der Waals surface area contributed by atoms with E-state index in [0.29, 0.717) is 31.6 Å². The van der Waals surface area contributed by atoms with Gasteiger partial charge in [-0.3, -0.25) is 20.3 Å². The number of fused-ring (bicyclic) bond motifs is 1. The summed E-state index contributed by atoms with van der Waals surface area (Å²) in [5.41, 5.74) is 0.861. The molecule has 0 aromatic heterocycles. The number of rotatable bonds is 11. The molecular formula is C18H28B3N8O8P3. The molecule has 3 aliphatic rings. The molecule has 212 valence electrons. The van der Waals surface area contributed by atoms with Gasteiger partial charge in [0, 0.05) is 25.6 Å². The number of guanidine groups is 1. The van der Waals surface area contributed by atoms with E-state index >= 15 is 0 Å². The van der Waals surface area contributed by atoms with Crippen molar-refractivity contribution in [1.29, 1.82) is 0 Å². The van der Waals surface area contributed by atoms with E-state index in [2.05, 4.69) is 30.6 Å². The van der Waals surface area contributed by atoms with Crippen molar-refractivity contribution in [2.45, 2.75) is 38.5 Å². The first-order valence-corrected chi connectivity index (χ1v) is 14.7. The maximum atomic E-state index is 12.9. The minimum atomic E-state index is -0.910. The third-order valence-corrected chi connectivity index (χ3v) is 7.73. The molecule has 2 saturated heterocycles. The van der Waals surface area contributed by atoms with Crippen molar-refractivity contribution in [3.8, 4) is 0 Å². The summed E-state index contributed by atoms with van der Waals surface area (Å²) in [7, 11) is 13.9. The SMILES string of the molecule is [B]NPOC(=O)NC(=N[C@@H]1CCN(CC2=C(C(=O)OPN[B])N3C(=O)C([C@@H](C)O)[C@H]3[C@H]2C)C1)NC(=O)OPN[B]. The third-order valence-electron chi connectivity index (χ3n) is 6.51. The van der Waals surface area contributed by atoms with E-state index in [1.54, 1.807) is 6.92 Å². The van der Waals surface area contributed by atoms with Crippen LogP contribution in [0.15, 0.2) is 16.3 Å². The zero-order valence-corrected chi connectivity index (χ0v) is 24.6. The molecule has 3 heterocycles. The molecular weight excluding hydrogens is 582 g/mol. The molecule has 0 aromatic rings. The van der Waals surface area contributed by atoms with Gasteiger partial charge in [0.05, 0.1) is 24.1 Å². The van der Waals surface area contributed by atoms with Gasteiger partial charge in [-0.15, -0.1) is 0 Å². The van der Waals surface area contributed by atoms with E-state index in [4.69, 9.17) is 37.5 Å². The fourth-order valence-corrected chi connectivity index (χ4v) is 5.60. The van der Waals surface area contributed by atoms with Crippen molar-refractivity contribution >= 4 is 80.8 Å². The first-order valence-electron chi connectivity index (χ1n) is 12.0. The maximum absolute atomic E-state index is 12.9. The van der Waals surface area contributed by atoms with Crippen LogP contribution in [0.2, 0.25) is 0 Å². The Hall–Kier alpha value is -1.83. The van der Waals surface area contributed by atoms with Gasteiger partial charge in [0.25, 0.3) is 0 Å². The number of carbonyl (C=O) groups excluding carboxylic acids is 4. The summed E-state index contributed by atoms with van der Waals surface area (Å²) in [5.74, 6) is -2.05. The molecule has 3 amide bonds. The number of hydrogen-bond donors (Lipinski definition) is 6. The summed E-state index contributed by atoms with van der Waals surface area (Å²) in [4.78, 5) is 64.3. The van der Waals surface area contributed by atoms with Gasteiger partial charge in [-0.1, -0.05) is 6.92 Å². The Morgan fingerprint density at radius 3 is 2.20 bits per heavy atom. The molecule has 2 fully saturated rings. The minimum Gasteiger partial charge on any atom is -0.428 e. The lowest BCUT2D eigenvalue weighted by Gasteiger charge is -2.46. The van der Waals surface area contributed by atoms with Gasteiger partial charge < -0.3 is 38.6 Å². The number of carbonyl (C=O) groups is 4. The summed E-state index contributed by atoms with van der Waals surface area (Å²) >= 11 is 0. The van der Waals surface area contributed by atoms with E-state index in [1.165, 1.54) is 4.90 Å². The lowest BCUT2D eigenvalue weighted by atomic mass is 9.77. The third kappa shape index (κ3) is 7.92. The van der Waals surface area contributed by atoms with Crippen molar-refractivity contribution in [3.05, 3.63) is 11.3 Å². The van der Waals surface area contributed by atoms with E-state index in [-0.39, 0.29) is 35.6 Å². The molecule has 6 N–H and O–H groups in total. The highest BCUT2D eigenvalue weighted by Crippen LogP contribution is 2.48. The Kier molecular flexibility index (Phi) is 12.6. The van der Waals surface area contributed by atoms with Gasteiger partial charge in [-0.2, -0.15) is 0 Å². The Bertz CT molecular complexity index is 1020. The second kappa shape index (κ2) is 15.4. The highest BCUT2D eigenvalue weighted by atomic mass is 31.1. The lowest BCUT2D eigenvalue weighted by Crippen LogP contribution is -2.63. The molecule has 0 saturated carbocycles. The number of nitrogens with one attached hydrogen (secondary N) is 5. The van der Waals surface area contributed by atoms with Crippen molar-refractivity contribution in [1.82, 2.24) is 35.4 Å². The van der Waals surface area contributed by atoms with Gasteiger partial charge >= 0.3 is 18.2 Å². The normalized spacial score (nSPS) is 25.5. The van der Waals surface area contributed by atoms with Crippen LogP contribution in [-0.2, 0) is 23.2 Å². The summed E-state index contributed by atoms with van der Waals surface area (Å²) in [6.45, 7) is 4.75. The van der Waals surface area contributed by atoms with Crippen molar-refractivity contribution in [2.75, 3.05) is 19.6 Å². The molecule has 0 aliphatic carbocycles. The molecule has 6 radical (unpaired) electrons. The largest absolute Gasteiger partial charge is 0.428 e. The molecule has 4 unspecified atom stereocenters. The van der Waals surface area contributed by atoms with E-state index in [9.17, 15) is 24.3 Å². The average molecular weight is 610 g/mol. The van der Waals surface area contributed by atoms with Crippen LogP contribution in [0, 0.1) is 11.8 Å². The molecule has 16 nitrogen and oxygen atoms in total. The predicted octanol–water partition coefficient (Wildman–Crippen LogP) is -1.93. The average Bonchev–Trinajstić information content (AvgIpc) is 3.44. The molecule has 3 rings (SSSR count). The first kappa shape index (κ1) is 32.7. The number of nitrogens with zero attached hydrogens (tertiary/aromatic N) is 3. The van der Waals surface area contributed by atoms with Crippen molar-refractivity contribution in [3.63, 3.8) is 0 Å². The van der Waals surface area contributed by atoms with Gasteiger partial charge in [-0.25, -0.2) is 19.4 Å². The van der Waals surface area contributed by atoms with Gasteiger partial charge in [-0.05, 0) is 18.9 Å².